The molecule has 1 rings (SSSR count). The second-order valence-electron chi connectivity index (χ2n) is 4.59. The Kier molecular flexibility index (Phi) is 5.16. The molecule has 0 radical (unpaired) electrons. The summed E-state index contributed by atoms with van der Waals surface area (Å²) in [5.74, 6) is 1.42. The van der Waals surface area contributed by atoms with Gasteiger partial charge in [-0.3, -0.25) is 0 Å². The van der Waals surface area contributed by atoms with Crippen LogP contribution in [0.25, 0.3) is 0 Å². The Labute approximate surface area is 87.2 Å². The fourth-order valence-corrected chi connectivity index (χ4v) is 2.63. The molecule has 82 valence electrons. The second-order valence-corrected chi connectivity index (χ2v) is 4.59. The fourth-order valence-electron chi connectivity index (χ4n) is 2.63. The first kappa shape index (κ1) is 11.7. The number of carbonyl (C=O) groups excluding carboxylic acids is 1. The van der Waals surface area contributed by atoms with Crippen molar-refractivity contribution in [3.05, 3.63) is 0 Å². The van der Waals surface area contributed by atoms with Crippen molar-refractivity contribution in [2.75, 3.05) is 6.54 Å². The Morgan fingerprint density at radius 1 is 1.43 bits per heavy atom. The molecule has 2 heteroatoms. The van der Waals surface area contributed by atoms with E-state index >= 15 is 0 Å². The normalized spacial score (nSPS) is 22.1. The summed E-state index contributed by atoms with van der Waals surface area (Å²) in [4.78, 5) is 11.0. The highest BCUT2D eigenvalue weighted by Crippen LogP contribution is 2.32. The van der Waals surface area contributed by atoms with Gasteiger partial charge in [0.15, 0.2) is 0 Å². The van der Waals surface area contributed by atoms with E-state index in [9.17, 15) is 4.79 Å². The van der Waals surface area contributed by atoms with Gasteiger partial charge in [-0.2, -0.15) is 0 Å². The van der Waals surface area contributed by atoms with E-state index in [1.54, 1.807) is 0 Å². The van der Waals surface area contributed by atoms with Crippen molar-refractivity contribution < 1.29 is 4.79 Å². The lowest BCUT2D eigenvalue weighted by atomic mass is 9.83. The van der Waals surface area contributed by atoms with Crippen LogP contribution in [-0.2, 0) is 4.79 Å². The maximum Gasteiger partial charge on any atom is 0.123 e. The minimum atomic E-state index is 0.216. The van der Waals surface area contributed by atoms with Crippen LogP contribution in [0.1, 0.15) is 45.4 Å². The summed E-state index contributed by atoms with van der Waals surface area (Å²) < 4.78 is 0. The minimum Gasteiger partial charge on any atom is -0.330 e. The lowest BCUT2D eigenvalue weighted by Crippen LogP contribution is -2.25. The molecule has 0 aromatic carbocycles. The van der Waals surface area contributed by atoms with Crippen molar-refractivity contribution in [1.29, 1.82) is 0 Å². The fraction of sp³-hybridized carbons (Fsp3) is 0.917. The molecule has 1 aliphatic carbocycles. The molecular weight excluding hydrogens is 174 g/mol. The molecule has 2 atom stereocenters. The van der Waals surface area contributed by atoms with Crippen molar-refractivity contribution in [2.24, 2.45) is 23.5 Å². The number of rotatable bonds is 6. The molecule has 2 nitrogen and oxygen atoms in total. The largest absolute Gasteiger partial charge is 0.330 e. The van der Waals surface area contributed by atoms with Gasteiger partial charge in [-0.05, 0) is 24.8 Å². The molecule has 14 heavy (non-hydrogen) atoms. The Hall–Kier alpha value is -0.370. The number of hydrogen-bond donors (Lipinski definition) is 1. The summed E-state index contributed by atoms with van der Waals surface area (Å²) in [6.07, 6.45) is 8.62. The third-order valence-corrected chi connectivity index (χ3v) is 3.69. The van der Waals surface area contributed by atoms with Crippen molar-refractivity contribution >= 4 is 6.29 Å². The summed E-state index contributed by atoms with van der Waals surface area (Å²) >= 11 is 0. The lowest BCUT2D eigenvalue weighted by molar-refractivity contribution is -0.113. The molecular formula is C12H23NO. The maximum atomic E-state index is 11.0. The summed E-state index contributed by atoms with van der Waals surface area (Å²) in [5, 5.41) is 0. The van der Waals surface area contributed by atoms with Gasteiger partial charge >= 0.3 is 0 Å². The highest BCUT2D eigenvalue weighted by atomic mass is 16.1. The summed E-state index contributed by atoms with van der Waals surface area (Å²) in [6.45, 7) is 2.79. The highest BCUT2D eigenvalue weighted by Gasteiger charge is 2.24. The zero-order chi connectivity index (χ0) is 10.4. The summed E-state index contributed by atoms with van der Waals surface area (Å²) in [5.41, 5.74) is 5.68. The number of nitrogens with two attached hydrogens (primary N) is 1. The number of aldehydes is 1. The van der Waals surface area contributed by atoms with Crippen LogP contribution in [0.5, 0.6) is 0 Å². The van der Waals surface area contributed by atoms with E-state index in [4.69, 9.17) is 5.73 Å². The van der Waals surface area contributed by atoms with E-state index in [0.29, 0.717) is 12.5 Å². The van der Waals surface area contributed by atoms with Gasteiger partial charge in [0.05, 0.1) is 0 Å². The van der Waals surface area contributed by atoms with Crippen LogP contribution in [0.15, 0.2) is 0 Å². The first-order valence-corrected chi connectivity index (χ1v) is 5.97. The summed E-state index contributed by atoms with van der Waals surface area (Å²) in [6, 6.07) is 0. The van der Waals surface area contributed by atoms with E-state index in [2.05, 4.69) is 6.92 Å². The van der Waals surface area contributed by atoms with Gasteiger partial charge in [0.25, 0.3) is 0 Å². The lowest BCUT2D eigenvalue weighted by Gasteiger charge is -2.22. The first-order valence-electron chi connectivity index (χ1n) is 5.97. The molecule has 0 aromatic heterocycles. The molecule has 2 unspecified atom stereocenters. The third kappa shape index (κ3) is 3.09. The first-order chi connectivity index (χ1) is 6.81. The van der Waals surface area contributed by atoms with Crippen LogP contribution >= 0.6 is 0 Å². The minimum absolute atomic E-state index is 0.216. The molecule has 0 aromatic rings. The summed E-state index contributed by atoms with van der Waals surface area (Å²) in [7, 11) is 0. The van der Waals surface area contributed by atoms with Gasteiger partial charge in [0.2, 0.25) is 0 Å². The monoisotopic (exact) mass is 197 g/mol. The molecule has 1 fully saturated rings. The van der Waals surface area contributed by atoms with Crippen molar-refractivity contribution in [3.8, 4) is 0 Å². The molecule has 0 aliphatic heterocycles. The van der Waals surface area contributed by atoms with Gasteiger partial charge in [0, 0.05) is 5.92 Å². The van der Waals surface area contributed by atoms with Gasteiger partial charge in [-0.25, -0.2) is 0 Å². The highest BCUT2D eigenvalue weighted by molar-refractivity contribution is 5.54. The van der Waals surface area contributed by atoms with Crippen molar-refractivity contribution in [3.63, 3.8) is 0 Å². The third-order valence-electron chi connectivity index (χ3n) is 3.69. The van der Waals surface area contributed by atoms with Gasteiger partial charge < -0.3 is 10.5 Å². The molecule has 0 heterocycles. The Balaban J connectivity index is 2.39. The van der Waals surface area contributed by atoms with Crippen LogP contribution < -0.4 is 5.73 Å². The number of hydrogen-bond acceptors (Lipinski definition) is 2. The Morgan fingerprint density at radius 2 is 2.07 bits per heavy atom. The predicted octanol–water partition coefficient (Wildman–Crippen LogP) is 2.37. The SMILES string of the molecule is CCC(CN)C(C=O)CC1CCCC1. The molecule has 0 saturated heterocycles. The quantitative estimate of drug-likeness (QED) is 0.664. The van der Waals surface area contributed by atoms with E-state index in [1.807, 2.05) is 0 Å². The standard InChI is InChI=1S/C12H23NO/c1-2-11(8-13)12(9-14)7-10-5-3-4-6-10/h9-12H,2-8,13H2,1H3. The molecule has 0 amide bonds. The molecule has 0 bridgehead atoms. The van der Waals surface area contributed by atoms with E-state index < -0.39 is 0 Å². The van der Waals surface area contributed by atoms with Crippen LogP contribution in [0.4, 0.5) is 0 Å². The zero-order valence-electron chi connectivity index (χ0n) is 9.24. The average Bonchev–Trinajstić information content (AvgIpc) is 2.70. The van der Waals surface area contributed by atoms with E-state index in [0.717, 1.165) is 25.0 Å². The predicted molar refractivity (Wildman–Crippen MR) is 59.0 cm³/mol. The zero-order valence-corrected chi connectivity index (χ0v) is 9.24. The van der Waals surface area contributed by atoms with Crippen molar-refractivity contribution in [2.45, 2.75) is 45.4 Å². The van der Waals surface area contributed by atoms with Crippen LogP contribution in [0.3, 0.4) is 0 Å². The van der Waals surface area contributed by atoms with Gasteiger partial charge in [-0.15, -0.1) is 0 Å². The molecule has 2 N–H and O–H groups in total. The van der Waals surface area contributed by atoms with Crippen LogP contribution in [0, 0.1) is 17.8 Å². The maximum absolute atomic E-state index is 11.0. The van der Waals surface area contributed by atoms with Gasteiger partial charge in [0.1, 0.15) is 6.29 Å². The van der Waals surface area contributed by atoms with Crippen molar-refractivity contribution in [1.82, 2.24) is 0 Å². The average molecular weight is 197 g/mol. The second kappa shape index (κ2) is 6.18. The molecule has 1 aliphatic rings. The number of carbonyl (C=O) groups is 1. The Bertz CT molecular complexity index is 160. The van der Waals surface area contributed by atoms with Crippen LogP contribution in [0.2, 0.25) is 0 Å². The van der Waals surface area contributed by atoms with E-state index in [1.165, 1.54) is 25.7 Å². The van der Waals surface area contributed by atoms with E-state index in [-0.39, 0.29) is 5.92 Å². The molecule has 1 saturated carbocycles. The van der Waals surface area contributed by atoms with Gasteiger partial charge in [-0.1, -0.05) is 39.0 Å². The molecule has 0 spiro atoms. The smallest absolute Gasteiger partial charge is 0.123 e. The van der Waals surface area contributed by atoms with Crippen LogP contribution in [-0.4, -0.2) is 12.8 Å². The topological polar surface area (TPSA) is 43.1 Å². The Morgan fingerprint density at radius 3 is 2.50 bits per heavy atom.